The fourth-order valence-corrected chi connectivity index (χ4v) is 6.26. The van der Waals surface area contributed by atoms with E-state index in [1.807, 2.05) is 18.2 Å². The lowest BCUT2D eigenvalue weighted by Crippen LogP contribution is -2.41. The van der Waals surface area contributed by atoms with Crippen molar-refractivity contribution in [2.45, 2.75) is 11.3 Å². The van der Waals surface area contributed by atoms with Gasteiger partial charge < -0.3 is 9.64 Å². The minimum Gasteiger partial charge on any atom is -0.379 e. The van der Waals surface area contributed by atoms with Gasteiger partial charge in [-0.3, -0.25) is 4.79 Å². The number of nitrogens with zero attached hydrogens (tertiary/aromatic N) is 2. The average Bonchev–Trinajstić information content (AvgIpc) is 3.25. The van der Waals surface area contributed by atoms with Gasteiger partial charge in [0, 0.05) is 26.2 Å². The first-order valence-electron chi connectivity index (χ1n) is 9.26. The van der Waals surface area contributed by atoms with E-state index in [9.17, 15) is 13.2 Å². The molecule has 6 nitrogen and oxygen atoms in total. The summed E-state index contributed by atoms with van der Waals surface area (Å²) >= 11 is 1.19. The fourth-order valence-electron chi connectivity index (χ4n) is 3.49. The molecule has 0 aliphatic carbocycles. The van der Waals surface area contributed by atoms with E-state index in [0.29, 0.717) is 44.3 Å². The van der Waals surface area contributed by atoms with Crippen LogP contribution in [0.5, 0.6) is 0 Å². The Balaban J connectivity index is 1.53. The summed E-state index contributed by atoms with van der Waals surface area (Å²) in [6.45, 7) is 2.46. The molecule has 2 aliphatic rings. The Morgan fingerprint density at radius 3 is 2.46 bits per heavy atom. The first-order chi connectivity index (χ1) is 13.6. The molecule has 1 aromatic heterocycles. The van der Waals surface area contributed by atoms with E-state index in [2.05, 4.69) is 18.2 Å². The molecular weight excluding hydrogens is 396 g/mol. The van der Waals surface area contributed by atoms with E-state index in [4.69, 9.17) is 4.74 Å². The van der Waals surface area contributed by atoms with Crippen LogP contribution in [-0.2, 0) is 14.8 Å². The molecule has 1 fully saturated rings. The normalized spacial score (nSPS) is 18.7. The number of carbonyl (C=O) groups excluding carboxylic acids is 1. The van der Waals surface area contributed by atoms with Crippen molar-refractivity contribution in [3.8, 4) is 0 Å². The highest BCUT2D eigenvalue weighted by Crippen LogP contribution is 2.29. The number of benzene rings is 1. The molecule has 0 saturated carbocycles. The van der Waals surface area contributed by atoms with E-state index in [0.717, 1.165) is 6.42 Å². The average molecular weight is 419 g/mol. The van der Waals surface area contributed by atoms with Crippen molar-refractivity contribution in [3.05, 3.63) is 58.3 Å². The third-order valence-corrected chi connectivity index (χ3v) is 8.02. The smallest absolute Gasteiger partial charge is 0.265 e. The van der Waals surface area contributed by atoms with Crippen molar-refractivity contribution < 1.29 is 17.9 Å². The third-order valence-electron chi connectivity index (χ3n) is 5.05. The van der Waals surface area contributed by atoms with Crippen molar-refractivity contribution >= 4 is 32.8 Å². The quantitative estimate of drug-likeness (QED) is 0.766. The van der Waals surface area contributed by atoms with Gasteiger partial charge in [0.15, 0.2) is 0 Å². The number of morpholine rings is 1. The maximum absolute atomic E-state index is 13.1. The van der Waals surface area contributed by atoms with Gasteiger partial charge in [-0.25, -0.2) is 8.42 Å². The molecule has 1 aromatic carbocycles. The summed E-state index contributed by atoms with van der Waals surface area (Å²) in [5.74, 6) is -0.217. The van der Waals surface area contributed by atoms with Crippen molar-refractivity contribution in [1.29, 1.82) is 0 Å². The summed E-state index contributed by atoms with van der Waals surface area (Å²) in [4.78, 5) is 15.2. The molecule has 4 rings (SSSR count). The number of rotatable bonds is 4. The standard InChI is InChI=1S/C20H22N2O4S2/c23-20(21-9-6-17(7-10-21)16-4-2-1-3-5-16)19-18(8-15-27-19)28(24,25)22-11-13-26-14-12-22/h1-6,8,15H,7,9-14H2. The highest BCUT2D eigenvalue weighted by atomic mass is 32.2. The van der Waals surface area contributed by atoms with Crippen LogP contribution < -0.4 is 0 Å². The largest absolute Gasteiger partial charge is 0.379 e. The van der Waals surface area contributed by atoms with E-state index >= 15 is 0 Å². The summed E-state index contributed by atoms with van der Waals surface area (Å²) in [7, 11) is -3.69. The molecule has 0 radical (unpaired) electrons. The SMILES string of the molecule is O=C(c1sccc1S(=O)(=O)N1CCOCC1)N1CC=C(c2ccccc2)CC1. The van der Waals surface area contributed by atoms with Gasteiger partial charge >= 0.3 is 0 Å². The number of thiophene rings is 1. The second-order valence-corrected chi connectivity index (χ2v) is 9.55. The first-order valence-corrected chi connectivity index (χ1v) is 11.6. The molecule has 1 saturated heterocycles. The zero-order valence-corrected chi connectivity index (χ0v) is 17.0. The Hall–Kier alpha value is -2.00. The van der Waals surface area contributed by atoms with Crippen molar-refractivity contribution in [2.24, 2.45) is 0 Å². The van der Waals surface area contributed by atoms with E-state index in [-0.39, 0.29) is 10.8 Å². The van der Waals surface area contributed by atoms with Crippen LogP contribution in [0.3, 0.4) is 0 Å². The van der Waals surface area contributed by atoms with Crippen molar-refractivity contribution in [2.75, 3.05) is 39.4 Å². The Morgan fingerprint density at radius 1 is 1.04 bits per heavy atom. The van der Waals surface area contributed by atoms with Crippen molar-refractivity contribution in [1.82, 2.24) is 9.21 Å². The third kappa shape index (κ3) is 3.77. The lowest BCUT2D eigenvalue weighted by Gasteiger charge is -2.28. The lowest BCUT2D eigenvalue weighted by atomic mass is 9.99. The van der Waals surface area contributed by atoms with Crippen LogP contribution in [0.25, 0.3) is 5.57 Å². The van der Waals surface area contributed by atoms with Crippen LogP contribution in [0, 0.1) is 0 Å². The Bertz CT molecular complexity index is 977. The predicted octanol–water partition coefficient (Wildman–Crippen LogP) is 2.70. The van der Waals surface area contributed by atoms with Crippen LogP contribution in [0.2, 0.25) is 0 Å². The number of hydrogen-bond acceptors (Lipinski definition) is 5. The van der Waals surface area contributed by atoms with Gasteiger partial charge in [0.2, 0.25) is 10.0 Å². The summed E-state index contributed by atoms with van der Waals surface area (Å²) in [5.41, 5.74) is 2.39. The minimum absolute atomic E-state index is 0.113. The summed E-state index contributed by atoms with van der Waals surface area (Å²) in [6, 6.07) is 11.7. The van der Waals surface area contributed by atoms with E-state index in [1.165, 1.54) is 32.8 Å². The second kappa shape index (κ2) is 8.16. The van der Waals surface area contributed by atoms with Crippen LogP contribution in [0.4, 0.5) is 0 Å². The number of sulfonamides is 1. The molecule has 2 aliphatic heterocycles. The molecule has 0 N–H and O–H groups in total. The first kappa shape index (κ1) is 19.3. The van der Waals surface area contributed by atoms with E-state index in [1.54, 1.807) is 10.3 Å². The lowest BCUT2D eigenvalue weighted by molar-refractivity contribution is 0.0727. The Labute approximate surface area is 169 Å². The molecule has 1 amide bonds. The fraction of sp³-hybridized carbons (Fsp3) is 0.350. The van der Waals surface area contributed by atoms with Crippen LogP contribution in [0.15, 0.2) is 52.7 Å². The maximum atomic E-state index is 13.1. The number of ether oxygens (including phenoxy) is 1. The van der Waals surface area contributed by atoms with Crippen LogP contribution in [0.1, 0.15) is 21.7 Å². The molecule has 8 heteroatoms. The summed E-state index contributed by atoms with van der Waals surface area (Å²) < 4.78 is 32.6. The van der Waals surface area contributed by atoms with Crippen molar-refractivity contribution in [3.63, 3.8) is 0 Å². The zero-order valence-electron chi connectivity index (χ0n) is 15.4. The van der Waals surface area contributed by atoms with Crippen LogP contribution >= 0.6 is 11.3 Å². The zero-order chi connectivity index (χ0) is 19.6. The number of amides is 1. The van der Waals surface area contributed by atoms with Crippen LogP contribution in [-0.4, -0.2) is 62.9 Å². The molecule has 0 unspecified atom stereocenters. The molecule has 28 heavy (non-hydrogen) atoms. The summed E-state index contributed by atoms with van der Waals surface area (Å²) in [6.07, 6.45) is 2.81. The molecule has 2 aromatic rings. The highest BCUT2D eigenvalue weighted by molar-refractivity contribution is 7.89. The van der Waals surface area contributed by atoms with Gasteiger partial charge in [-0.1, -0.05) is 36.4 Å². The van der Waals surface area contributed by atoms with Gasteiger partial charge in [-0.05, 0) is 29.0 Å². The second-order valence-electron chi connectivity index (χ2n) is 6.73. The van der Waals surface area contributed by atoms with Gasteiger partial charge in [0.05, 0.1) is 13.2 Å². The summed E-state index contributed by atoms with van der Waals surface area (Å²) in [5, 5.41) is 1.68. The molecule has 0 spiro atoms. The number of carbonyl (C=O) groups is 1. The van der Waals surface area contributed by atoms with Gasteiger partial charge in [0.25, 0.3) is 5.91 Å². The molecule has 0 bridgehead atoms. The molecule has 0 atom stereocenters. The monoisotopic (exact) mass is 418 g/mol. The topological polar surface area (TPSA) is 66.9 Å². The predicted molar refractivity (Wildman–Crippen MR) is 109 cm³/mol. The Kier molecular flexibility index (Phi) is 5.63. The molecule has 148 valence electrons. The Morgan fingerprint density at radius 2 is 1.79 bits per heavy atom. The van der Waals surface area contributed by atoms with E-state index < -0.39 is 10.0 Å². The van der Waals surface area contributed by atoms with Gasteiger partial charge in [-0.2, -0.15) is 4.31 Å². The molecular formula is C20H22N2O4S2. The number of hydrogen-bond donors (Lipinski definition) is 0. The van der Waals surface area contributed by atoms with Gasteiger partial charge in [-0.15, -0.1) is 11.3 Å². The highest BCUT2D eigenvalue weighted by Gasteiger charge is 2.33. The maximum Gasteiger partial charge on any atom is 0.265 e. The molecule has 3 heterocycles. The minimum atomic E-state index is -3.69. The van der Waals surface area contributed by atoms with Gasteiger partial charge in [0.1, 0.15) is 9.77 Å².